The molecule has 1 atom stereocenters. The van der Waals surface area contributed by atoms with Crippen LogP contribution < -0.4 is 5.32 Å². The first kappa shape index (κ1) is 17.7. The van der Waals surface area contributed by atoms with Gasteiger partial charge in [-0.25, -0.2) is 4.98 Å². The average Bonchev–Trinajstić information content (AvgIpc) is 2.90. The van der Waals surface area contributed by atoms with E-state index in [9.17, 15) is 14.7 Å². The van der Waals surface area contributed by atoms with Gasteiger partial charge in [0.05, 0.1) is 23.5 Å². The van der Waals surface area contributed by atoms with Crippen LogP contribution in [0.3, 0.4) is 0 Å². The van der Waals surface area contributed by atoms with Gasteiger partial charge < -0.3 is 15.0 Å². The van der Waals surface area contributed by atoms with E-state index < -0.39 is 12.0 Å². The van der Waals surface area contributed by atoms with Crippen molar-refractivity contribution < 1.29 is 14.7 Å². The molecule has 0 saturated carbocycles. The molecule has 1 amide bonds. The number of fused-ring (bicyclic) bond motifs is 1. The highest BCUT2D eigenvalue weighted by Crippen LogP contribution is 2.19. The first-order chi connectivity index (χ1) is 12.4. The number of carbonyl (C=O) groups is 2. The Morgan fingerprint density at radius 2 is 1.81 bits per heavy atom. The highest BCUT2D eigenvalue weighted by atomic mass is 16.4. The summed E-state index contributed by atoms with van der Waals surface area (Å²) >= 11 is 0. The maximum atomic E-state index is 12.6. The molecule has 1 unspecified atom stereocenters. The molecule has 0 aliphatic carbocycles. The zero-order chi connectivity index (χ0) is 18.7. The number of aryl methyl sites for hydroxylation is 2. The smallest absolute Gasteiger partial charge is 0.305 e. The predicted octanol–water partition coefficient (Wildman–Crippen LogP) is 2.99. The van der Waals surface area contributed by atoms with Crippen molar-refractivity contribution in [3.63, 3.8) is 0 Å². The van der Waals surface area contributed by atoms with Gasteiger partial charge in [0.15, 0.2) is 0 Å². The van der Waals surface area contributed by atoms with Gasteiger partial charge in [-0.3, -0.25) is 9.59 Å². The molecule has 2 N–H and O–H groups in total. The fourth-order valence-electron chi connectivity index (χ4n) is 3.00. The predicted molar refractivity (Wildman–Crippen MR) is 98.8 cm³/mol. The topological polar surface area (TPSA) is 84.2 Å². The van der Waals surface area contributed by atoms with Crippen LogP contribution in [0.4, 0.5) is 0 Å². The number of imidazole rings is 1. The number of benzene rings is 2. The highest BCUT2D eigenvalue weighted by Gasteiger charge is 2.19. The van der Waals surface area contributed by atoms with Crippen LogP contribution in [0.5, 0.6) is 0 Å². The maximum Gasteiger partial charge on any atom is 0.305 e. The summed E-state index contributed by atoms with van der Waals surface area (Å²) in [4.78, 5) is 28.2. The molecule has 0 aliphatic rings. The lowest BCUT2D eigenvalue weighted by Crippen LogP contribution is -2.33. The summed E-state index contributed by atoms with van der Waals surface area (Å²) in [6.07, 6.45) is -0.168. The van der Waals surface area contributed by atoms with Crippen LogP contribution in [-0.4, -0.2) is 26.5 Å². The largest absolute Gasteiger partial charge is 0.481 e. The summed E-state index contributed by atoms with van der Waals surface area (Å²) < 4.78 is 1.83. The summed E-state index contributed by atoms with van der Waals surface area (Å²) in [7, 11) is 0. The fraction of sp³-hybridized carbons (Fsp3) is 0.250. The molecule has 26 heavy (non-hydrogen) atoms. The van der Waals surface area contributed by atoms with Gasteiger partial charge in [0, 0.05) is 0 Å². The second kappa shape index (κ2) is 7.39. The minimum atomic E-state index is -0.958. The van der Waals surface area contributed by atoms with Crippen molar-refractivity contribution >= 4 is 22.9 Å². The molecule has 0 fully saturated rings. The molecule has 134 valence electrons. The summed E-state index contributed by atoms with van der Waals surface area (Å²) in [5.41, 5.74) is 3.57. The third-order valence-corrected chi connectivity index (χ3v) is 4.34. The van der Waals surface area contributed by atoms with Gasteiger partial charge >= 0.3 is 5.97 Å². The molecule has 0 saturated heterocycles. The number of hydrogen-bond acceptors (Lipinski definition) is 3. The van der Waals surface area contributed by atoms with E-state index in [0.717, 1.165) is 28.0 Å². The van der Waals surface area contributed by atoms with Crippen molar-refractivity contribution in [3.8, 4) is 0 Å². The Morgan fingerprint density at radius 1 is 1.12 bits per heavy atom. The van der Waals surface area contributed by atoms with Gasteiger partial charge in [-0.1, -0.05) is 42.0 Å². The zero-order valence-electron chi connectivity index (χ0n) is 14.8. The normalized spacial score (nSPS) is 12.1. The first-order valence-electron chi connectivity index (χ1n) is 8.43. The minimum Gasteiger partial charge on any atom is -0.481 e. The number of rotatable bonds is 6. The summed E-state index contributed by atoms with van der Waals surface area (Å²) in [6.45, 7) is 3.90. The lowest BCUT2D eigenvalue weighted by molar-refractivity contribution is -0.137. The van der Waals surface area contributed by atoms with E-state index in [4.69, 9.17) is 0 Å². The molecular weight excluding hydrogens is 330 g/mol. The Kier molecular flexibility index (Phi) is 5.02. The number of nitrogens with one attached hydrogen (secondary N) is 1. The average molecular weight is 351 g/mol. The zero-order valence-corrected chi connectivity index (χ0v) is 14.8. The number of carbonyl (C=O) groups excluding carboxylic acids is 1. The molecule has 1 heterocycles. The number of hydrogen-bond donors (Lipinski definition) is 2. The lowest BCUT2D eigenvalue weighted by Gasteiger charge is -2.18. The number of carboxylic acid groups (broad SMARTS) is 1. The summed E-state index contributed by atoms with van der Waals surface area (Å²) in [6, 6.07) is 14.6. The van der Waals surface area contributed by atoms with Crippen LogP contribution in [0.2, 0.25) is 0 Å². The van der Waals surface area contributed by atoms with E-state index in [2.05, 4.69) is 10.3 Å². The molecule has 0 spiro atoms. The van der Waals surface area contributed by atoms with Crippen molar-refractivity contribution in [2.75, 3.05) is 0 Å². The molecule has 2 aromatic carbocycles. The van der Waals surface area contributed by atoms with Crippen LogP contribution >= 0.6 is 0 Å². The summed E-state index contributed by atoms with van der Waals surface area (Å²) in [5, 5.41) is 12.0. The molecule has 6 nitrogen and oxygen atoms in total. The molecule has 3 rings (SSSR count). The number of nitrogens with zero attached hydrogens (tertiary/aromatic N) is 2. The minimum absolute atomic E-state index is 0.0916. The van der Waals surface area contributed by atoms with Gasteiger partial charge in [0.2, 0.25) is 5.91 Å². The SMILES string of the molecule is Cc1ccc(C(CC(=O)O)NC(=O)Cn2c(C)nc3ccccc32)cc1. The lowest BCUT2D eigenvalue weighted by atomic mass is 10.0. The van der Waals surface area contributed by atoms with Gasteiger partial charge in [0.25, 0.3) is 0 Å². The quantitative estimate of drug-likeness (QED) is 0.715. The van der Waals surface area contributed by atoms with E-state index >= 15 is 0 Å². The van der Waals surface area contributed by atoms with Crippen molar-refractivity contribution in [3.05, 3.63) is 65.5 Å². The van der Waals surface area contributed by atoms with Crippen molar-refractivity contribution in [2.24, 2.45) is 0 Å². The Balaban J connectivity index is 1.80. The van der Waals surface area contributed by atoms with Crippen LogP contribution in [-0.2, 0) is 16.1 Å². The van der Waals surface area contributed by atoms with Gasteiger partial charge in [-0.2, -0.15) is 0 Å². The monoisotopic (exact) mass is 351 g/mol. The third kappa shape index (κ3) is 3.91. The molecule has 0 aliphatic heterocycles. The van der Waals surface area contributed by atoms with E-state index in [0.29, 0.717) is 0 Å². The van der Waals surface area contributed by atoms with Crippen LogP contribution in [0.15, 0.2) is 48.5 Å². The molecule has 3 aromatic rings. The maximum absolute atomic E-state index is 12.6. The van der Waals surface area contributed by atoms with E-state index in [1.807, 2.05) is 66.9 Å². The Morgan fingerprint density at radius 3 is 2.50 bits per heavy atom. The number of carboxylic acids is 1. The summed E-state index contributed by atoms with van der Waals surface area (Å²) in [5.74, 6) is -0.463. The Labute approximate surface area is 151 Å². The highest BCUT2D eigenvalue weighted by molar-refractivity contribution is 5.81. The molecule has 1 aromatic heterocycles. The van der Waals surface area contributed by atoms with E-state index in [1.54, 1.807) is 0 Å². The number of aromatic nitrogens is 2. The molecule has 6 heteroatoms. The molecule has 0 radical (unpaired) electrons. The van der Waals surface area contributed by atoms with Crippen LogP contribution in [0.1, 0.15) is 29.4 Å². The van der Waals surface area contributed by atoms with Gasteiger partial charge in [0.1, 0.15) is 12.4 Å². The fourth-order valence-corrected chi connectivity index (χ4v) is 3.00. The Hall–Kier alpha value is -3.15. The number of para-hydroxylation sites is 2. The third-order valence-electron chi connectivity index (χ3n) is 4.34. The number of amides is 1. The van der Waals surface area contributed by atoms with Crippen molar-refractivity contribution in [1.29, 1.82) is 0 Å². The Bertz CT molecular complexity index is 945. The van der Waals surface area contributed by atoms with E-state index in [-0.39, 0.29) is 18.9 Å². The van der Waals surface area contributed by atoms with Crippen molar-refractivity contribution in [2.45, 2.75) is 32.9 Å². The van der Waals surface area contributed by atoms with Gasteiger partial charge in [-0.05, 0) is 31.5 Å². The standard InChI is InChI=1S/C20H21N3O3/c1-13-7-9-15(10-8-13)17(11-20(25)26)22-19(24)12-23-14(2)21-16-5-3-4-6-18(16)23/h3-10,17H,11-12H2,1-2H3,(H,22,24)(H,25,26). The second-order valence-corrected chi connectivity index (χ2v) is 6.36. The van der Waals surface area contributed by atoms with Crippen LogP contribution in [0, 0.1) is 13.8 Å². The first-order valence-corrected chi connectivity index (χ1v) is 8.43. The van der Waals surface area contributed by atoms with Crippen molar-refractivity contribution in [1.82, 2.24) is 14.9 Å². The van der Waals surface area contributed by atoms with Gasteiger partial charge in [-0.15, -0.1) is 0 Å². The molecule has 0 bridgehead atoms. The second-order valence-electron chi connectivity index (χ2n) is 6.36. The number of aliphatic carboxylic acids is 1. The molecular formula is C20H21N3O3. The van der Waals surface area contributed by atoms with E-state index in [1.165, 1.54) is 0 Å². The van der Waals surface area contributed by atoms with Crippen LogP contribution in [0.25, 0.3) is 11.0 Å².